The number of hydrogen-bond acceptors (Lipinski definition) is 4. The van der Waals surface area contributed by atoms with Gasteiger partial charge in [-0.25, -0.2) is 9.78 Å². The predicted molar refractivity (Wildman–Crippen MR) is 108 cm³/mol. The van der Waals surface area contributed by atoms with Gasteiger partial charge in [0.05, 0.1) is 25.0 Å². The molecule has 142 valence electrons. The van der Waals surface area contributed by atoms with E-state index in [1.54, 1.807) is 16.7 Å². The molecule has 5 nitrogen and oxygen atoms in total. The number of halogens is 1. The van der Waals surface area contributed by atoms with Gasteiger partial charge in [0.1, 0.15) is 10.7 Å². The summed E-state index contributed by atoms with van der Waals surface area (Å²) in [6, 6.07) is 15.0. The molecule has 4 rings (SSSR count). The third kappa shape index (κ3) is 3.12. The molecular weight excluding hydrogens is 376 g/mol. The van der Waals surface area contributed by atoms with E-state index in [1.165, 1.54) is 7.11 Å². The van der Waals surface area contributed by atoms with E-state index in [0.717, 1.165) is 28.8 Å². The smallest absolute Gasteiger partial charge is 0.343 e. The average molecular weight is 395 g/mol. The number of pyridine rings is 2. The Morgan fingerprint density at radius 1 is 1.25 bits per heavy atom. The standard InChI is InChI=1S/C22H19ClN2O3/c1-13-10-15-8-9-18(23)24-19(15)20-16(13)11-17(22(27)28-2)21(26)25(20)12-14-6-4-3-5-7-14/h3-9,11,13H,10,12H2,1-2H3. The summed E-state index contributed by atoms with van der Waals surface area (Å²) in [4.78, 5) is 30.0. The molecule has 1 unspecified atom stereocenters. The summed E-state index contributed by atoms with van der Waals surface area (Å²) in [5.41, 5.74) is 3.96. The quantitative estimate of drug-likeness (QED) is 0.496. The third-order valence-electron chi connectivity index (χ3n) is 5.13. The van der Waals surface area contributed by atoms with Gasteiger partial charge in [-0.05, 0) is 41.2 Å². The predicted octanol–water partition coefficient (Wildman–Crippen LogP) is 4.06. The molecule has 2 aromatic heterocycles. The first-order chi connectivity index (χ1) is 13.5. The van der Waals surface area contributed by atoms with Crippen molar-refractivity contribution >= 4 is 17.6 Å². The molecule has 0 saturated heterocycles. The van der Waals surface area contributed by atoms with Crippen LogP contribution in [0, 0.1) is 0 Å². The van der Waals surface area contributed by atoms with Gasteiger partial charge in [0.2, 0.25) is 0 Å². The van der Waals surface area contributed by atoms with E-state index >= 15 is 0 Å². The van der Waals surface area contributed by atoms with Gasteiger partial charge in [-0.2, -0.15) is 0 Å². The highest BCUT2D eigenvalue weighted by Crippen LogP contribution is 2.39. The maximum Gasteiger partial charge on any atom is 0.343 e. The van der Waals surface area contributed by atoms with Gasteiger partial charge in [0.15, 0.2) is 0 Å². The maximum atomic E-state index is 13.2. The van der Waals surface area contributed by atoms with Crippen molar-refractivity contribution in [2.45, 2.75) is 25.8 Å². The Kier molecular flexibility index (Phi) is 4.77. The Bertz CT molecular complexity index is 1120. The van der Waals surface area contributed by atoms with Gasteiger partial charge < -0.3 is 9.30 Å². The lowest BCUT2D eigenvalue weighted by Gasteiger charge is -2.28. The highest BCUT2D eigenvalue weighted by molar-refractivity contribution is 6.29. The Labute approximate surface area is 167 Å². The minimum atomic E-state index is -0.633. The van der Waals surface area contributed by atoms with Crippen molar-refractivity contribution in [3.63, 3.8) is 0 Å². The molecule has 6 heteroatoms. The van der Waals surface area contributed by atoms with Gasteiger partial charge in [-0.15, -0.1) is 0 Å². The lowest BCUT2D eigenvalue weighted by atomic mass is 9.83. The van der Waals surface area contributed by atoms with Crippen LogP contribution in [0.15, 0.2) is 53.3 Å². The number of esters is 1. The molecule has 0 bridgehead atoms. The summed E-state index contributed by atoms with van der Waals surface area (Å²) in [6.45, 7) is 2.40. The zero-order valence-electron chi connectivity index (χ0n) is 15.6. The topological polar surface area (TPSA) is 61.2 Å². The number of aromatic nitrogens is 2. The molecule has 3 aromatic rings. The summed E-state index contributed by atoms with van der Waals surface area (Å²) in [5.74, 6) is -0.511. The van der Waals surface area contributed by atoms with Crippen LogP contribution in [0.2, 0.25) is 5.15 Å². The van der Waals surface area contributed by atoms with E-state index in [1.807, 2.05) is 36.4 Å². The fraction of sp³-hybridized carbons (Fsp3) is 0.227. The zero-order valence-corrected chi connectivity index (χ0v) is 16.4. The van der Waals surface area contributed by atoms with Crippen LogP contribution in [0.1, 0.15) is 39.9 Å². The fourth-order valence-corrected chi connectivity index (χ4v) is 3.92. The van der Waals surface area contributed by atoms with Crippen molar-refractivity contribution in [2.24, 2.45) is 0 Å². The summed E-state index contributed by atoms with van der Waals surface area (Å²) >= 11 is 6.16. The highest BCUT2D eigenvalue weighted by atomic mass is 35.5. The van der Waals surface area contributed by atoms with E-state index in [9.17, 15) is 9.59 Å². The normalized spacial score (nSPS) is 14.9. The summed E-state index contributed by atoms with van der Waals surface area (Å²) < 4.78 is 6.47. The second-order valence-corrected chi connectivity index (χ2v) is 7.36. The molecule has 28 heavy (non-hydrogen) atoms. The Morgan fingerprint density at radius 3 is 2.71 bits per heavy atom. The summed E-state index contributed by atoms with van der Waals surface area (Å²) in [5, 5.41) is 0.370. The number of nitrogens with zero attached hydrogens (tertiary/aromatic N) is 2. The second kappa shape index (κ2) is 7.24. The Hall–Kier alpha value is -2.92. The first-order valence-corrected chi connectivity index (χ1v) is 9.43. The van der Waals surface area contributed by atoms with Crippen molar-refractivity contribution in [1.82, 2.24) is 9.55 Å². The van der Waals surface area contributed by atoms with Crippen LogP contribution in [0.4, 0.5) is 0 Å². The fourth-order valence-electron chi connectivity index (χ4n) is 3.78. The van der Waals surface area contributed by atoms with Crippen LogP contribution in [-0.2, 0) is 17.7 Å². The number of fused-ring (bicyclic) bond motifs is 3. The van der Waals surface area contributed by atoms with E-state index in [2.05, 4.69) is 11.9 Å². The second-order valence-electron chi connectivity index (χ2n) is 6.98. The zero-order chi connectivity index (χ0) is 19.8. The number of carbonyl (C=O) groups excluding carboxylic acids is 1. The third-order valence-corrected chi connectivity index (χ3v) is 5.34. The maximum absolute atomic E-state index is 13.2. The molecule has 0 radical (unpaired) electrons. The number of ether oxygens (including phenoxy) is 1. The Morgan fingerprint density at radius 2 is 2.00 bits per heavy atom. The number of hydrogen-bond donors (Lipinski definition) is 0. The molecule has 0 spiro atoms. The molecule has 0 saturated carbocycles. The number of rotatable bonds is 3. The van der Waals surface area contributed by atoms with E-state index < -0.39 is 11.5 Å². The van der Waals surface area contributed by atoms with Crippen LogP contribution < -0.4 is 5.56 Å². The van der Waals surface area contributed by atoms with Crippen molar-refractivity contribution in [3.05, 3.63) is 86.3 Å². The van der Waals surface area contributed by atoms with Crippen molar-refractivity contribution in [3.8, 4) is 11.4 Å². The molecule has 2 heterocycles. The number of benzene rings is 1. The molecule has 0 fully saturated rings. The lowest BCUT2D eigenvalue weighted by Crippen LogP contribution is -2.32. The van der Waals surface area contributed by atoms with E-state index in [-0.39, 0.29) is 11.5 Å². The van der Waals surface area contributed by atoms with Crippen molar-refractivity contribution < 1.29 is 9.53 Å². The number of carbonyl (C=O) groups is 1. The monoisotopic (exact) mass is 394 g/mol. The molecule has 0 amide bonds. The van der Waals surface area contributed by atoms with Gasteiger partial charge in [-0.1, -0.05) is 54.9 Å². The largest absolute Gasteiger partial charge is 0.465 e. The molecule has 1 aromatic carbocycles. The van der Waals surface area contributed by atoms with Gasteiger partial charge in [0.25, 0.3) is 5.56 Å². The van der Waals surface area contributed by atoms with Crippen molar-refractivity contribution in [1.29, 1.82) is 0 Å². The van der Waals surface area contributed by atoms with E-state index in [0.29, 0.717) is 17.4 Å². The molecule has 1 atom stereocenters. The van der Waals surface area contributed by atoms with Crippen LogP contribution >= 0.6 is 11.6 Å². The minimum Gasteiger partial charge on any atom is -0.465 e. The molecule has 0 N–H and O–H groups in total. The lowest BCUT2D eigenvalue weighted by molar-refractivity contribution is 0.0598. The average Bonchev–Trinajstić information content (AvgIpc) is 2.70. The Balaban J connectivity index is 2.03. The van der Waals surface area contributed by atoms with Gasteiger partial charge in [-0.3, -0.25) is 4.79 Å². The van der Waals surface area contributed by atoms with Crippen LogP contribution in [0.3, 0.4) is 0 Å². The molecule has 1 aliphatic rings. The molecular formula is C22H19ClN2O3. The van der Waals surface area contributed by atoms with Crippen LogP contribution in [0.5, 0.6) is 0 Å². The summed E-state index contributed by atoms with van der Waals surface area (Å²) in [6.07, 6.45) is 0.761. The van der Waals surface area contributed by atoms with Gasteiger partial charge >= 0.3 is 5.97 Å². The highest BCUT2D eigenvalue weighted by Gasteiger charge is 2.29. The molecule has 1 aliphatic carbocycles. The van der Waals surface area contributed by atoms with Crippen LogP contribution in [-0.4, -0.2) is 22.6 Å². The van der Waals surface area contributed by atoms with Gasteiger partial charge in [0, 0.05) is 0 Å². The molecule has 0 aliphatic heterocycles. The first kappa shape index (κ1) is 18.4. The van der Waals surface area contributed by atoms with Crippen LogP contribution in [0.25, 0.3) is 11.4 Å². The first-order valence-electron chi connectivity index (χ1n) is 9.05. The summed E-state index contributed by atoms with van der Waals surface area (Å²) in [7, 11) is 1.28. The van der Waals surface area contributed by atoms with Crippen molar-refractivity contribution in [2.75, 3.05) is 7.11 Å². The SMILES string of the molecule is COC(=O)c1cc2c(n(Cc3ccccc3)c1=O)-c1nc(Cl)ccc1CC2C. The number of methoxy groups -OCH3 is 1. The van der Waals surface area contributed by atoms with E-state index in [4.69, 9.17) is 16.3 Å². The minimum absolute atomic E-state index is 0.0366.